The van der Waals surface area contributed by atoms with Gasteiger partial charge < -0.3 is 14.7 Å². The third kappa shape index (κ3) is 4.65. The van der Waals surface area contributed by atoms with Crippen LogP contribution < -0.4 is 14.8 Å². The van der Waals surface area contributed by atoms with Crippen molar-refractivity contribution in [3.8, 4) is 5.75 Å². The van der Waals surface area contributed by atoms with Crippen LogP contribution in [0, 0.1) is 6.92 Å². The van der Waals surface area contributed by atoms with Crippen LogP contribution in [0.2, 0.25) is 0 Å². The molecule has 1 atom stereocenters. The number of ether oxygens (including phenoxy) is 1. The highest BCUT2D eigenvalue weighted by atomic mass is 16.5. The summed E-state index contributed by atoms with van der Waals surface area (Å²) >= 11 is 0. The molecule has 6 heteroatoms. The number of hydrogen-bond donors (Lipinski definition) is 0. The van der Waals surface area contributed by atoms with Crippen LogP contribution in [0.15, 0.2) is 78.6 Å². The van der Waals surface area contributed by atoms with E-state index in [1.807, 2.05) is 50.2 Å². The van der Waals surface area contributed by atoms with Gasteiger partial charge in [0.15, 0.2) is 12.4 Å². The van der Waals surface area contributed by atoms with E-state index in [9.17, 15) is 14.7 Å². The largest absolute Gasteiger partial charge is 0.872 e. The Morgan fingerprint density at radius 1 is 1.06 bits per heavy atom. The van der Waals surface area contributed by atoms with Crippen LogP contribution >= 0.6 is 0 Å². The molecular formula is C27H26N2O4. The molecule has 6 nitrogen and oxygen atoms in total. The second-order valence-electron chi connectivity index (χ2n) is 8.10. The molecule has 3 aromatic rings. The fraction of sp³-hybridized carbons (Fsp3) is 0.222. The van der Waals surface area contributed by atoms with Crippen LogP contribution in [0.4, 0.5) is 0 Å². The van der Waals surface area contributed by atoms with E-state index in [-0.39, 0.29) is 12.1 Å². The lowest BCUT2D eigenvalue weighted by molar-refractivity contribution is -0.378. The summed E-state index contributed by atoms with van der Waals surface area (Å²) in [5.74, 6) is -1.15. The molecule has 1 N–H and O–H groups in total. The summed E-state index contributed by atoms with van der Waals surface area (Å²) in [6.45, 7) is 4.75. The Labute approximate surface area is 193 Å². The van der Waals surface area contributed by atoms with E-state index in [1.165, 1.54) is 4.90 Å². The number of nitrogens with one attached hydrogen (secondary N) is 1. The first kappa shape index (κ1) is 22.3. The number of likely N-dealkylation sites (tertiary alicyclic amines) is 1. The van der Waals surface area contributed by atoms with E-state index in [1.54, 1.807) is 36.7 Å². The molecule has 1 aliphatic rings. The summed E-state index contributed by atoms with van der Waals surface area (Å²) in [6.07, 6.45) is 4.43. The molecule has 1 aromatic heterocycles. The summed E-state index contributed by atoms with van der Waals surface area (Å²) in [6, 6.07) is 17.2. The number of aromatic amines is 1. The normalized spacial score (nSPS) is 17.4. The van der Waals surface area contributed by atoms with E-state index < -0.39 is 23.5 Å². The van der Waals surface area contributed by atoms with Crippen LogP contribution in [0.5, 0.6) is 5.75 Å². The first-order chi connectivity index (χ1) is 16.0. The van der Waals surface area contributed by atoms with Gasteiger partial charge in [0.1, 0.15) is 5.75 Å². The van der Waals surface area contributed by atoms with Gasteiger partial charge >= 0.3 is 0 Å². The van der Waals surface area contributed by atoms with E-state index in [0.29, 0.717) is 23.5 Å². The zero-order chi connectivity index (χ0) is 23.4. The van der Waals surface area contributed by atoms with Crippen molar-refractivity contribution < 1.29 is 24.4 Å². The number of aryl methyl sites for hydroxylation is 1. The van der Waals surface area contributed by atoms with Gasteiger partial charge in [-0.1, -0.05) is 54.6 Å². The predicted molar refractivity (Wildman–Crippen MR) is 122 cm³/mol. The van der Waals surface area contributed by atoms with Gasteiger partial charge in [0.2, 0.25) is 5.78 Å². The monoisotopic (exact) mass is 442 g/mol. The van der Waals surface area contributed by atoms with Gasteiger partial charge in [0, 0.05) is 17.2 Å². The van der Waals surface area contributed by atoms with Gasteiger partial charge in [0.05, 0.1) is 19.2 Å². The van der Waals surface area contributed by atoms with E-state index in [4.69, 9.17) is 4.74 Å². The van der Waals surface area contributed by atoms with E-state index in [0.717, 1.165) is 17.5 Å². The first-order valence-corrected chi connectivity index (χ1v) is 11.0. The maximum atomic E-state index is 13.4. The minimum atomic E-state index is -0.778. The average molecular weight is 443 g/mol. The van der Waals surface area contributed by atoms with Gasteiger partial charge in [-0.3, -0.25) is 9.59 Å². The van der Waals surface area contributed by atoms with Crippen molar-refractivity contribution in [3.63, 3.8) is 0 Å². The second kappa shape index (κ2) is 9.69. The number of rotatable bonds is 7. The molecule has 0 saturated carbocycles. The molecule has 1 unspecified atom stereocenters. The Morgan fingerprint density at radius 2 is 1.79 bits per heavy atom. The highest BCUT2D eigenvalue weighted by Crippen LogP contribution is 2.40. The van der Waals surface area contributed by atoms with Crippen molar-refractivity contribution in [1.29, 1.82) is 0 Å². The molecular weight excluding hydrogens is 416 g/mol. The molecule has 1 amide bonds. The minimum Gasteiger partial charge on any atom is -0.872 e. The molecule has 0 aliphatic carbocycles. The molecule has 2 aromatic carbocycles. The number of aromatic nitrogens is 1. The Balaban J connectivity index is 1.80. The molecule has 1 aliphatic heterocycles. The standard InChI is InChI=1S/C27H26N2O4/c1-3-15-33-22-12-10-20(11-13-22)24-23(25(30)21-8-6-18(2)7-9-21)26(31)27(32)29(24)17-19-5-4-14-28-16-19/h4-14,16,24,30H,3,15,17H2,1-2H3/b25-23+. The maximum Gasteiger partial charge on any atom is 0.295 e. The molecule has 0 bridgehead atoms. The van der Waals surface area contributed by atoms with E-state index in [2.05, 4.69) is 4.98 Å². The number of hydrogen-bond acceptors (Lipinski definition) is 4. The highest BCUT2D eigenvalue weighted by molar-refractivity contribution is 6.46. The topological polar surface area (TPSA) is 83.8 Å². The summed E-state index contributed by atoms with van der Waals surface area (Å²) in [5.41, 5.74) is 2.89. The SMILES string of the molecule is CCCOc1ccc(C2/C(=C(\[O-])c3ccc(C)cc3)C(=O)C(=O)N2Cc2ccc[nH+]c2)cc1. The molecule has 4 rings (SSSR count). The summed E-state index contributed by atoms with van der Waals surface area (Å²) in [7, 11) is 0. The highest BCUT2D eigenvalue weighted by Gasteiger charge is 2.44. The van der Waals surface area contributed by atoms with Gasteiger partial charge in [-0.15, -0.1) is 0 Å². The summed E-state index contributed by atoms with van der Waals surface area (Å²) < 4.78 is 5.67. The lowest BCUT2D eigenvalue weighted by Gasteiger charge is -2.27. The zero-order valence-corrected chi connectivity index (χ0v) is 18.7. The number of carbonyl (C=O) groups is 2. The number of Topliss-reactive ketones (excluding diaryl/α,β-unsaturated/α-hetero) is 1. The van der Waals surface area contributed by atoms with Crippen molar-refractivity contribution in [2.75, 3.05) is 6.61 Å². The zero-order valence-electron chi connectivity index (χ0n) is 18.7. The number of nitrogens with zero attached hydrogens (tertiary/aromatic N) is 1. The number of pyridine rings is 1. The lowest BCUT2D eigenvalue weighted by atomic mass is 9.95. The average Bonchev–Trinajstić information content (AvgIpc) is 3.08. The van der Waals surface area contributed by atoms with Crippen LogP contribution in [0.25, 0.3) is 5.76 Å². The molecule has 2 heterocycles. The third-order valence-electron chi connectivity index (χ3n) is 5.64. The number of ketones is 1. The summed E-state index contributed by atoms with van der Waals surface area (Å²) in [5, 5.41) is 13.4. The molecule has 1 saturated heterocycles. The quantitative estimate of drug-likeness (QED) is 0.320. The minimum absolute atomic E-state index is 0.0222. The van der Waals surface area contributed by atoms with Crippen molar-refractivity contribution in [3.05, 3.63) is 101 Å². The first-order valence-electron chi connectivity index (χ1n) is 11.0. The third-order valence-corrected chi connectivity index (χ3v) is 5.64. The van der Waals surface area contributed by atoms with Crippen LogP contribution in [0.1, 0.15) is 41.6 Å². The van der Waals surface area contributed by atoms with Gasteiger partial charge in [0.25, 0.3) is 5.91 Å². The molecule has 0 radical (unpaired) electrons. The molecule has 33 heavy (non-hydrogen) atoms. The van der Waals surface area contributed by atoms with Crippen molar-refractivity contribution in [1.82, 2.24) is 4.90 Å². The molecule has 1 fully saturated rings. The Kier molecular flexibility index (Phi) is 6.54. The lowest BCUT2D eigenvalue weighted by Crippen LogP contribution is -2.29. The van der Waals surface area contributed by atoms with Crippen LogP contribution in [0.3, 0.4) is 0 Å². The fourth-order valence-corrected chi connectivity index (χ4v) is 3.93. The Hall–Kier alpha value is -3.93. The Morgan fingerprint density at radius 3 is 2.42 bits per heavy atom. The van der Waals surface area contributed by atoms with Crippen LogP contribution in [-0.4, -0.2) is 23.2 Å². The number of benzene rings is 2. The van der Waals surface area contributed by atoms with Crippen molar-refractivity contribution in [2.24, 2.45) is 0 Å². The molecule has 0 spiro atoms. The van der Waals surface area contributed by atoms with Gasteiger partial charge in [-0.25, -0.2) is 4.98 Å². The van der Waals surface area contributed by atoms with Crippen molar-refractivity contribution >= 4 is 17.4 Å². The Bertz CT molecular complexity index is 1170. The predicted octanol–water partition coefficient (Wildman–Crippen LogP) is 3.02. The smallest absolute Gasteiger partial charge is 0.295 e. The van der Waals surface area contributed by atoms with Gasteiger partial charge in [-0.05, 0) is 42.7 Å². The maximum absolute atomic E-state index is 13.4. The fourth-order valence-electron chi connectivity index (χ4n) is 3.93. The number of amides is 1. The second-order valence-corrected chi connectivity index (χ2v) is 8.10. The van der Waals surface area contributed by atoms with Crippen molar-refractivity contribution in [2.45, 2.75) is 32.9 Å². The molecule has 168 valence electrons. The number of carbonyl (C=O) groups excluding carboxylic acids is 2. The summed E-state index contributed by atoms with van der Waals surface area (Å²) in [4.78, 5) is 30.6. The van der Waals surface area contributed by atoms with Crippen LogP contribution in [-0.2, 0) is 16.1 Å². The number of H-pyrrole nitrogens is 1. The van der Waals surface area contributed by atoms with E-state index >= 15 is 0 Å². The van der Waals surface area contributed by atoms with Gasteiger partial charge in [-0.2, -0.15) is 0 Å².